The number of nitrogens with one attached hydrogen (secondary N) is 3. The average molecular weight is 908 g/mol. The number of nitrogens with zero attached hydrogens (tertiary/aromatic N) is 2. The molecule has 2 saturated heterocycles. The number of phenols is 1. The van der Waals surface area contributed by atoms with Gasteiger partial charge in [-0.2, -0.15) is 0 Å². The van der Waals surface area contributed by atoms with Gasteiger partial charge >= 0.3 is 5.97 Å². The Morgan fingerprint density at radius 3 is 2.21 bits per heavy atom. The molecule has 2 aliphatic heterocycles. The molecule has 2 aliphatic rings. The lowest BCUT2D eigenvalue weighted by molar-refractivity contribution is -0.164. The zero-order valence-corrected chi connectivity index (χ0v) is 37.3. The van der Waals surface area contributed by atoms with Crippen molar-refractivity contribution in [1.29, 1.82) is 0 Å². The fourth-order valence-electron chi connectivity index (χ4n) is 8.95. The Kier molecular flexibility index (Phi) is 15.1. The monoisotopic (exact) mass is 907 g/mol. The van der Waals surface area contributed by atoms with Crippen LogP contribution in [0.25, 0.3) is 10.9 Å². The van der Waals surface area contributed by atoms with E-state index < -0.39 is 17.7 Å². The van der Waals surface area contributed by atoms with Crippen LogP contribution in [0.1, 0.15) is 70.0 Å². The highest BCUT2D eigenvalue weighted by atomic mass is 16.5. The minimum absolute atomic E-state index is 0.0710. The molecule has 348 valence electrons. The van der Waals surface area contributed by atoms with Crippen molar-refractivity contribution in [2.75, 3.05) is 45.9 Å². The summed E-state index contributed by atoms with van der Waals surface area (Å²) in [4.78, 5) is 58.9. The maximum atomic E-state index is 13.9. The summed E-state index contributed by atoms with van der Waals surface area (Å²) in [5.74, 6) is -0.782. The second-order valence-corrected chi connectivity index (χ2v) is 17.5. The van der Waals surface area contributed by atoms with Crippen LogP contribution in [0.15, 0.2) is 138 Å². The Morgan fingerprint density at radius 1 is 0.776 bits per heavy atom. The number of carbonyl (C=O) groups is 3. The van der Waals surface area contributed by atoms with Crippen molar-refractivity contribution < 1.29 is 39.2 Å². The summed E-state index contributed by atoms with van der Waals surface area (Å²) in [6.45, 7) is 4.19. The van der Waals surface area contributed by atoms with Crippen molar-refractivity contribution in [2.24, 2.45) is 5.92 Å². The fraction of sp³-hybridized carbons (Fsp3) is 0.321. The second-order valence-electron chi connectivity index (χ2n) is 17.5. The predicted molar refractivity (Wildman–Crippen MR) is 253 cm³/mol. The number of benzene rings is 5. The first-order chi connectivity index (χ1) is 32.5. The summed E-state index contributed by atoms with van der Waals surface area (Å²) >= 11 is 0. The lowest BCUT2D eigenvalue weighted by Crippen LogP contribution is -2.47. The largest absolute Gasteiger partial charge is 0.506 e. The van der Waals surface area contributed by atoms with E-state index in [1.165, 1.54) is 17.7 Å². The highest BCUT2D eigenvalue weighted by Gasteiger charge is 2.42. The summed E-state index contributed by atoms with van der Waals surface area (Å²) in [6.07, 6.45) is 2.01. The quantitative estimate of drug-likeness (QED) is 0.0629. The number of piperidine rings is 2. The molecule has 0 saturated carbocycles. The number of hydrogen-bond acceptors (Lipinski definition) is 11. The average Bonchev–Trinajstić information content (AvgIpc) is 3.36. The van der Waals surface area contributed by atoms with Gasteiger partial charge in [0.15, 0.2) is 6.61 Å². The number of amides is 2. The number of aromatic amines is 1. The third-order valence-electron chi connectivity index (χ3n) is 12.8. The number of pyridine rings is 1. The van der Waals surface area contributed by atoms with Crippen LogP contribution in [0.5, 0.6) is 11.5 Å². The molecule has 0 spiro atoms. The molecule has 6 aromatic rings. The van der Waals surface area contributed by atoms with Crippen LogP contribution in [0.3, 0.4) is 0 Å². The maximum Gasteiger partial charge on any atom is 0.347 e. The molecule has 1 unspecified atom stereocenters. The highest BCUT2D eigenvalue weighted by molar-refractivity contribution is 5.94. The minimum atomic E-state index is -2.11. The Labute approximate surface area is 389 Å². The van der Waals surface area contributed by atoms with Crippen molar-refractivity contribution in [1.82, 2.24) is 25.4 Å². The summed E-state index contributed by atoms with van der Waals surface area (Å²) in [7, 11) is 0. The molecule has 3 heterocycles. The molecule has 0 aliphatic carbocycles. The number of H-pyrrole nitrogens is 1. The maximum absolute atomic E-state index is 13.9. The van der Waals surface area contributed by atoms with E-state index in [0.717, 1.165) is 38.0 Å². The van der Waals surface area contributed by atoms with E-state index in [9.17, 15) is 34.5 Å². The fourth-order valence-corrected chi connectivity index (χ4v) is 8.95. The second kappa shape index (κ2) is 21.6. The molecule has 67 heavy (non-hydrogen) atoms. The molecule has 6 N–H and O–H groups in total. The van der Waals surface area contributed by atoms with Crippen molar-refractivity contribution in [3.63, 3.8) is 0 Å². The zero-order valence-electron chi connectivity index (χ0n) is 37.3. The van der Waals surface area contributed by atoms with Gasteiger partial charge in [-0.05, 0) is 103 Å². The first-order valence-corrected chi connectivity index (χ1v) is 22.9. The number of esters is 1. The van der Waals surface area contributed by atoms with Gasteiger partial charge in [-0.1, -0.05) is 91.0 Å². The van der Waals surface area contributed by atoms with Crippen LogP contribution in [0.2, 0.25) is 0 Å². The van der Waals surface area contributed by atoms with Crippen LogP contribution in [-0.4, -0.2) is 99.9 Å². The third kappa shape index (κ3) is 11.6. The van der Waals surface area contributed by atoms with Gasteiger partial charge in [0.2, 0.25) is 11.2 Å². The van der Waals surface area contributed by atoms with Gasteiger partial charge in [0.05, 0.1) is 18.2 Å². The number of hydrogen-bond donors (Lipinski definition) is 6. The van der Waals surface area contributed by atoms with Crippen molar-refractivity contribution in [3.05, 3.63) is 177 Å². The van der Waals surface area contributed by atoms with Crippen LogP contribution < -0.4 is 20.9 Å². The van der Waals surface area contributed by atoms with Gasteiger partial charge in [0.1, 0.15) is 11.5 Å². The summed E-state index contributed by atoms with van der Waals surface area (Å²) in [5, 5.41) is 40.0. The Morgan fingerprint density at radius 2 is 1.48 bits per heavy atom. The summed E-state index contributed by atoms with van der Waals surface area (Å²) in [6, 6.07) is 38.7. The van der Waals surface area contributed by atoms with E-state index in [1.807, 2.05) is 36.4 Å². The van der Waals surface area contributed by atoms with Crippen LogP contribution in [-0.2, 0) is 33.0 Å². The summed E-state index contributed by atoms with van der Waals surface area (Å²) in [5.41, 5.74) is 1.76. The van der Waals surface area contributed by atoms with Gasteiger partial charge in [-0.3, -0.25) is 19.3 Å². The van der Waals surface area contributed by atoms with Crippen molar-refractivity contribution in [2.45, 2.75) is 56.5 Å². The normalized spacial score (nSPS) is 16.2. The van der Waals surface area contributed by atoms with Gasteiger partial charge in [0.25, 0.3) is 11.8 Å². The van der Waals surface area contributed by atoms with E-state index >= 15 is 0 Å². The molecular weight excluding hydrogens is 851 g/mol. The first kappa shape index (κ1) is 46.7. The molecule has 5 aromatic carbocycles. The smallest absolute Gasteiger partial charge is 0.347 e. The standard InChI is InChI=1S/C53H57N5O9/c59-46-20-18-44(45-19-21-48(61)56-50(45)46)47(60)32-54-31-36-14-16-39(17-15-36)51(63)58-28-24-42(25-29-58)55-49(62)35-66-43-13-7-12-41(30-43)53(65,40-10-5-2-6-11-40)52(64)67-34-38-22-26-57(27-23-38)33-37-8-3-1-4-9-37/h1-21,30,38,42,47,54,59-60,65H,22-29,31-35H2,(H,55,62)(H,56,61)/t47-,53?/m0/s1. The number of fused-ring (bicyclic) bond motifs is 1. The SMILES string of the molecule is O=C(COc1cccc(C(O)(C(=O)OCC2CCN(Cc3ccccc3)CC2)c2ccccc2)c1)NC1CCN(C(=O)c2ccc(CNC[C@H](O)c3ccc(O)c4[nH]c(=O)ccc34)cc2)CC1. The molecule has 2 fully saturated rings. The molecule has 2 amide bonds. The Hall–Kier alpha value is -6.84. The van der Waals surface area contributed by atoms with Crippen molar-refractivity contribution >= 4 is 28.7 Å². The Bertz CT molecular complexity index is 2680. The van der Waals surface area contributed by atoms with Gasteiger partial charge in [0, 0.05) is 61.3 Å². The van der Waals surface area contributed by atoms with Gasteiger partial charge in [-0.15, -0.1) is 0 Å². The molecule has 0 bridgehead atoms. The number of aromatic nitrogens is 1. The van der Waals surface area contributed by atoms with Crippen LogP contribution in [0.4, 0.5) is 0 Å². The predicted octanol–water partition coefficient (Wildman–Crippen LogP) is 5.55. The van der Waals surface area contributed by atoms with E-state index in [4.69, 9.17) is 9.47 Å². The van der Waals surface area contributed by atoms with E-state index in [0.29, 0.717) is 60.3 Å². The number of ether oxygens (including phenoxy) is 2. The molecule has 1 aromatic heterocycles. The van der Waals surface area contributed by atoms with Crippen LogP contribution >= 0.6 is 0 Å². The summed E-state index contributed by atoms with van der Waals surface area (Å²) < 4.78 is 11.8. The number of carbonyl (C=O) groups excluding carboxylic acids is 3. The van der Waals surface area contributed by atoms with Crippen LogP contribution in [0, 0.1) is 5.92 Å². The topological polar surface area (TPSA) is 194 Å². The van der Waals surface area contributed by atoms with E-state index in [1.54, 1.807) is 77.7 Å². The molecular formula is C53H57N5O9. The lowest BCUT2D eigenvalue weighted by atomic mass is 9.86. The lowest BCUT2D eigenvalue weighted by Gasteiger charge is -2.33. The molecule has 8 rings (SSSR count). The molecule has 0 radical (unpaired) electrons. The first-order valence-electron chi connectivity index (χ1n) is 22.9. The van der Waals surface area contributed by atoms with Gasteiger partial charge in [-0.25, -0.2) is 4.79 Å². The van der Waals surface area contributed by atoms with Gasteiger partial charge < -0.3 is 45.3 Å². The Balaban J connectivity index is 0.777. The number of aromatic hydroxyl groups is 1. The number of aliphatic hydroxyl groups is 2. The minimum Gasteiger partial charge on any atom is -0.506 e. The molecule has 14 nitrogen and oxygen atoms in total. The molecule has 14 heteroatoms. The zero-order chi connectivity index (χ0) is 46.8. The number of aliphatic hydroxyl groups excluding tert-OH is 1. The number of phenolic OH excluding ortho intramolecular Hbond substituents is 1. The van der Waals surface area contributed by atoms with E-state index in [-0.39, 0.29) is 65.9 Å². The van der Waals surface area contributed by atoms with E-state index in [2.05, 4.69) is 32.7 Å². The molecule has 2 atom stereocenters. The third-order valence-corrected chi connectivity index (χ3v) is 12.8. The number of likely N-dealkylation sites (tertiary alicyclic amines) is 2. The number of rotatable bonds is 17. The van der Waals surface area contributed by atoms with Crippen molar-refractivity contribution in [3.8, 4) is 11.5 Å². The highest BCUT2D eigenvalue weighted by Crippen LogP contribution is 2.34.